The summed E-state index contributed by atoms with van der Waals surface area (Å²) in [5.41, 5.74) is 5.14. The molecule has 39 heavy (non-hydrogen) atoms. The number of carbonyl (C=O) groups is 1. The summed E-state index contributed by atoms with van der Waals surface area (Å²) < 4.78 is 51.1. The fourth-order valence-electron chi connectivity index (χ4n) is 5.72. The van der Waals surface area contributed by atoms with E-state index < -0.39 is 24.2 Å². The standard InChI is InChI=1S/C30H27F3N4O2/c1-39-27-4-2-3-25(31)24(27)17-36-15-19(13-30(32,33)18-36)11-26(38)20-5-6-21-14-35-29(23(21)12-20)22-7-8-28-34-9-10-37(28)16-22/h2-10,12,16,19H,11,13-15,17-18H2,1H3/t19-/m1/s1. The molecule has 2 aromatic heterocycles. The molecule has 1 atom stereocenters. The number of hydrogen-bond donors (Lipinski definition) is 0. The Morgan fingerprint density at radius 2 is 2.05 bits per heavy atom. The number of pyridine rings is 1. The molecule has 0 saturated carbocycles. The third-order valence-corrected chi connectivity index (χ3v) is 7.47. The van der Waals surface area contributed by atoms with Gasteiger partial charge in [-0.2, -0.15) is 0 Å². The lowest BCUT2D eigenvalue weighted by molar-refractivity contribution is -0.0866. The number of methoxy groups -OCH3 is 1. The molecule has 0 spiro atoms. The summed E-state index contributed by atoms with van der Waals surface area (Å²) >= 11 is 0. The third kappa shape index (κ3) is 5.06. The molecule has 0 bridgehead atoms. The summed E-state index contributed by atoms with van der Waals surface area (Å²) in [6, 6.07) is 13.8. The molecular formula is C30H27F3N4O2. The highest BCUT2D eigenvalue weighted by molar-refractivity contribution is 6.16. The van der Waals surface area contributed by atoms with Crippen LogP contribution in [0.25, 0.3) is 5.65 Å². The Morgan fingerprint density at radius 1 is 1.18 bits per heavy atom. The predicted molar refractivity (Wildman–Crippen MR) is 141 cm³/mol. The van der Waals surface area contributed by atoms with Crippen molar-refractivity contribution in [2.75, 3.05) is 20.2 Å². The zero-order chi connectivity index (χ0) is 27.1. The molecule has 2 aliphatic heterocycles. The maximum atomic E-state index is 14.7. The van der Waals surface area contributed by atoms with Crippen molar-refractivity contribution >= 4 is 17.1 Å². The molecule has 1 saturated heterocycles. The lowest BCUT2D eigenvalue weighted by atomic mass is 9.88. The van der Waals surface area contributed by atoms with Gasteiger partial charge in [-0.05, 0) is 41.8 Å². The number of alkyl halides is 2. The fourth-order valence-corrected chi connectivity index (χ4v) is 5.72. The number of aromatic nitrogens is 2. The van der Waals surface area contributed by atoms with Crippen LogP contribution in [0.3, 0.4) is 0 Å². The van der Waals surface area contributed by atoms with E-state index in [1.54, 1.807) is 18.3 Å². The van der Waals surface area contributed by atoms with Crippen molar-refractivity contribution < 1.29 is 22.7 Å². The van der Waals surface area contributed by atoms with Crippen molar-refractivity contribution in [3.8, 4) is 5.75 Å². The second kappa shape index (κ2) is 9.96. The van der Waals surface area contributed by atoms with Crippen molar-refractivity contribution in [2.45, 2.75) is 31.9 Å². The van der Waals surface area contributed by atoms with Gasteiger partial charge in [0.2, 0.25) is 0 Å². The Morgan fingerprint density at radius 3 is 2.90 bits per heavy atom. The van der Waals surface area contributed by atoms with Gasteiger partial charge in [0.15, 0.2) is 5.78 Å². The van der Waals surface area contributed by atoms with E-state index in [4.69, 9.17) is 9.73 Å². The number of imidazole rings is 1. The van der Waals surface area contributed by atoms with Crippen LogP contribution in [0.5, 0.6) is 5.75 Å². The van der Waals surface area contributed by atoms with E-state index in [0.717, 1.165) is 28.0 Å². The zero-order valence-corrected chi connectivity index (χ0v) is 21.4. The average molecular weight is 533 g/mol. The normalized spacial score (nSPS) is 18.7. The van der Waals surface area contributed by atoms with Crippen LogP contribution in [0.4, 0.5) is 13.2 Å². The van der Waals surface area contributed by atoms with Gasteiger partial charge in [-0.3, -0.25) is 14.7 Å². The highest BCUT2D eigenvalue weighted by Gasteiger charge is 2.41. The Kier molecular flexibility index (Phi) is 6.46. The number of fused-ring (bicyclic) bond motifs is 2. The molecule has 200 valence electrons. The molecule has 0 radical (unpaired) electrons. The quantitative estimate of drug-likeness (QED) is 0.293. The number of hydrogen-bond acceptors (Lipinski definition) is 5. The molecule has 0 N–H and O–H groups in total. The molecule has 1 fully saturated rings. The topological polar surface area (TPSA) is 59.2 Å². The minimum atomic E-state index is -2.98. The molecule has 9 heteroatoms. The second-order valence-electron chi connectivity index (χ2n) is 10.3. The lowest BCUT2D eigenvalue weighted by Crippen LogP contribution is -2.47. The largest absolute Gasteiger partial charge is 0.496 e. The predicted octanol–water partition coefficient (Wildman–Crippen LogP) is 5.56. The molecular weight excluding hydrogens is 505 g/mol. The van der Waals surface area contributed by atoms with Gasteiger partial charge in [-0.25, -0.2) is 18.2 Å². The smallest absolute Gasteiger partial charge is 0.260 e. The van der Waals surface area contributed by atoms with Crippen LogP contribution in [0, 0.1) is 11.7 Å². The first-order valence-electron chi connectivity index (χ1n) is 12.9. The number of nitrogens with zero attached hydrogens (tertiary/aromatic N) is 4. The van der Waals surface area contributed by atoms with Crippen LogP contribution in [-0.4, -0.2) is 51.9 Å². The fraction of sp³-hybridized carbons (Fsp3) is 0.300. The monoisotopic (exact) mass is 532 g/mol. The van der Waals surface area contributed by atoms with Crippen molar-refractivity contribution in [2.24, 2.45) is 10.9 Å². The number of ketones is 1. The highest BCUT2D eigenvalue weighted by Crippen LogP contribution is 2.35. The van der Waals surface area contributed by atoms with Crippen LogP contribution < -0.4 is 4.74 Å². The van der Waals surface area contributed by atoms with Crippen LogP contribution in [0.1, 0.15) is 45.5 Å². The van der Waals surface area contributed by atoms with E-state index in [0.29, 0.717) is 17.9 Å². The SMILES string of the molecule is COc1cccc(F)c1CN1C[C@H](CC(=O)c2ccc3c(c2)C(c2ccc4nccn4c2)=NC3)CC(F)(F)C1. The summed E-state index contributed by atoms with van der Waals surface area (Å²) in [7, 11) is 1.42. The molecule has 6 rings (SSSR count). The van der Waals surface area contributed by atoms with E-state index >= 15 is 0 Å². The summed E-state index contributed by atoms with van der Waals surface area (Å²) in [5, 5.41) is 0. The first-order valence-corrected chi connectivity index (χ1v) is 12.9. The van der Waals surface area contributed by atoms with Gasteiger partial charge in [0, 0.05) is 66.8 Å². The van der Waals surface area contributed by atoms with Crippen molar-refractivity contribution in [1.82, 2.24) is 14.3 Å². The van der Waals surface area contributed by atoms with Gasteiger partial charge >= 0.3 is 0 Å². The number of benzene rings is 2. The number of halogens is 3. The van der Waals surface area contributed by atoms with Crippen molar-refractivity contribution in [1.29, 1.82) is 0 Å². The first-order chi connectivity index (χ1) is 18.8. The minimum Gasteiger partial charge on any atom is -0.496 e. The maximum absolute atomic E-state index is 14.7. The van der Waals surface area contributed by atoms with Crippen LogP contribution >= 0.6 is 0 Å². The molecule has 6 nitrogen and oxygen atoms in total. The molecule has 0 unspecified atom stereocenters. The average Bonchev–Trinajstić information content (AvgIpc) is 3.55. The van der Waals surface area contributed by atoms with Gasteiger partial charge in [0.25, 0.3) is 5.92 Å². The van der Waals surface area contributed by atoms with Crippen LogP contribution in [-0.2, 0) is 13.1 Å². The van der Waals surface area contributed by atoms with Crippen molar-refractivity contribution in [3.63, 3.8) is 0 Å². The molecule has 4 heterocycles. The Hall–Kier alpha value is -3.98. The van der Waals surface area contributed by atoms with Gasteiger partial charge in [0.1, 0.15) is 17.2 Å². The maximum Gasteiger partial charge on any atom is 0.260 e. The summed E-state index contributed by atoms with van der Waals surface area (Å²) in [4.78, 5) is 23.8. The van der Waals surface area contributed by atoms with E-state index in [1.165, 1.54) is 24.1 Å². The Balaban J connectivity index is 1.20. The first kappa shape index (κ1) is 25.3. The summed E-state index contributed by atoms with van der Waals surface area (Å²) in [5.74, 6) is -3.92. The number of aliphatic imine (C=N–C) groups is 1. The van der Waals surface area contributed by atoms with Gasteiger partial charge < -0.3 is 9.14 Å². The van der Waals surface area contributed by atoms with Gasteiger partial charge in [-0.15, -0.1) is 0 Å². The Labute approximate surface area is 223 Å². The highest BCUT2D eigenvalue weighted by atomic mass is 19.3. The molecule has 2 aromatic carbocycles. The Bertz CT molecular complexity index is 1600. The van der Waals surface area contributed by atoms with Crippen molar-refractivity contribution in [3.05, 3.63) is 101 Å². The zero-order valence-electron chi connectivity index (χ0n) is 21.4. The van der Waals surface area contributed by atoms with Crippen LogP contribution in [0.2, 0.25) is 0 Å². The summed E-state index contributed by atoms with van der Waals surface area (Å²) in [6.45, 7) is 0.275. The van der Waals surface area contributed by atoms with E-state index in [1.807, 2.05) is 41.1 Å². The van der Waals surface area contributed by atoms with Crippen LogP contribution in [0.15, 0.2) is 72.1 Å². The summed E-state index contributed by atoms with van der Waals surface area (Å²) in [6.07, 6.45) is 5.14. The van der Waals surface area contributed by atoms with E-state index in [-0.39, 0.29) is 37.3 Å². The minimum absolute atomic E-state index is 0.0178. The number of ether oxygens (including phenoxy) is 1. The van der Waals surface area contributed by atoms with Gasteiger partial charge in [0.05, 0.1) is 25.9 Å². The number of Topliss-reactive ketones (excluding diaryl/α,β-unsaturated/α-hetero) is 1. The molecule has 0 amide bonds. The van der Waals surface area contributed by atoms with E-state index in [9.17, 15) is 18.0 Å². The van der Waals surface area contributed by atoms with Gasteiger partial charge in [-0.1, -0.05) is 18.2 Å². The number of carbonyl (C=O) groups excluding carboxylic acids is 1. The number of piperidine rings is 1. The number of rotatable bonds is 7. The lowest BCUT2D eigenvalue weighted by Gasteiger charge is -2.37. The third-order valence-electron chi connectivity index (χ3n) is 7.47. The molecule has 4 aromatic rings. The second-order valence-corrected chi connectivity index (χ2v) is 10.3. The number of likely N-dealkylation sites (tertiary alicyclic amines) is 1. The molecule has 0 aliphatic carbocycles. The van der Waals surface area contributed by atoms with E-state index in [2.05, 4.69) is 4.98 Å². The molecule has 2 aliphatic rings.